The topological polar surface area (TPSA) is 72.6 Å². The summed E-state index contributed by atoms with van der Waals surface area (Å²) in [6.45, 7) is 3.28. The first-order chi connectivity index (χ1) is 7.20. The second kappa shape index (κ2) is 5.11. The van der Waals surface area contributed by atoms with E-state index in [0.717, 1.165) is 0 Å². The summed E-state index contributed by atoms with van der Waals surface area (Å²) in [5.74, 6) is 0.312. The van der Waals surface area contributed by atoms with Gasteiger partial charge in [-0.05, 0) is 6.07 Å². The summed E-state index contributed by atoms with van der Waals surface area (Å²) >= 11 is 0. The van der Waals surface area contributed by atoms with E-state index in [0.29, 0.717) is 5.75 Å². The number of rotatable bonds is 5. The number of hydrogen-bond acceptors (Lipinski definition) is 4. The molecular weight excluding hydrogens is 198 g/mol. The maximum Gasteiger partial charge on any atom is 0.278 e. The predicted octanol–water partition coefficient (Wildman–Crippen LogP) is 1.65. The van der Waals surface area contributed by atoms with Crippen LogP contribution in [0.2, 0.25) is 0 Å². The molecule has 0 radical (unpaired) electrons. The van der Waals surface area contributed by atoms with Gasteiger partial charge in [0.05, 0.1) is 17.1 Å². The van der Waals surface area contributed by atoms with Crippen molar-refractivity contribution < 1.29 is 14.8 Å². The van der Waals surface area contributed by atoms with E-state index in [1.54, 1.807) is 6.07 Å². The van der Waals surface area contributed by atoms with Gasteiger partial charge in [0.25, 0.3) is 5.69 Å². The lowest BCUT2D eigenvalue weighted by molar-refractivity contribution is -0.385. The van der Waals surface area contributed by atoms with Gasteiger partial charge in [0, 0.05) is 6.07 Å². The van der Waals surface area contributed by atoms with E-state index in [1.807, 2.05) is 0 Å². The van der Waals surface area contributed by atoms with Crippen LogP contribution in [-0.4, -0.2) is 16.6 Å². The van der Waals surface area contributed by atoms with Crippen LogP contribution in [0.15, 0.2) is 30.9 Å². The Bertz CT molecular complexity index is 376. The highest BCUT2D eigenvalue weighted by molar-refractivity contribution is 5.49. The summed E-state index contributed by atoms with van der Waals surface area (Å²) in [6.07, 6.45) is 1.53. The fraction of sp³-hybridized carbons (Fsp3) is 0.200. The molecule has 5 nitrogen and oxygen atoms in total. The Morgan fingerprint density at radius 1 is 1.60 bits per heavy atom. The first kappa shape index (κ1) is 11.2. The quantitative estimate of drug-likeness (QED) is 0.454. The van der Waals surface area contributed by atoms with Gasteiger partial charge < -0.3 is 9.84 Å². The first-order valence-electron chi connectivity index (χ1n) is 4.31. The number of nitrogens with zero attached hydrogens (tertiary/aromatic N) is 1. The van der Waals surface area contributed by atoms with Crippen molar-refractivity contribution in [3.05, 3.63) is 46.5 Å². The lowest BCUT2D eigenvalue weighted by Crippen LogP contribution is -2.01. The van der Waals surface area contributed by atoms with Crippen molar-refractivity contribution in [2.45, 2.75) is 6.61 Å². The molecule has 1 aromatic rings. The highest BCUT2D eigenvalue weighted by Crippen LogP contribution is 2.28. The van der Waals surface area contributed by atoms with Crippen molar-refractivity contribution in [3.8, 4) is 5.75 Å². The molecule has 0 aliphatic heterocycles. The molecule has 1 N–H and O–H groups in total. The molecule has 0 bridgehead atoms. The Balaban J connectivity index is 3.09. The van der Waals surface area contributed by atoms with Crippen molar-refractivity contribution in [2.24, 2.45) is 0 Å². The van der Waals surface area contributed by atoms with Gasteiger partial charge in [-0.1, -0.05) is 18.7 Å². The zero-order valence-corrected chi connectivity index (χ0v) is 8.05. The third kappa shape index (κ3) is 2.54. The molecule has 0 unspecified atom stereocenters. The van der Waals surface area contributed by atoms with Crippen LogP contribution >= 0.6 is 0 Å². The minimum atomic E-state index is -0.549. The molecule has 1 aromatic carbocycles. The van der Waals surface area contributed by atoms with E-state index in [9.17, 15) is 10.1 Å². The number of aliphatic hydroxyl groups is 1. The summed E-state index contributed by atoms with van der Waals surface area (Å²) in [5.41, 5.74) is 0.0448. The summed E-state index contributed by atoms with van der Waals surface area (Å²) in [4.78, 5) is 10.1. The summed E-state index contributed by atoms with van der Waals surface area (Å²) in [7, 11) is 0. The third-order valence-electron chi connectivity index (χ3n) is 1.82. The van der Waals surface area contributed by atoms with Crippen LogP contribution < -0.4 is 4.74 Å². The Morgan fingerprint density at radius 2 is 2.33 bits per heavy atom. The number of aliphatic hydroxyl groups excluding tert-OH is 1. The summed E-state index contributed by atoms with van der Waals surface area (Å²) in [6, 6.07) is 4.41. The molecule has 0 spiro atoms. The van der Waals surface area contributed by atoms with E-state index < -0.39 is 11.5 Å². The zero-order chi connectivity index (χ0) is 11.3. The van der Waals surface area contributed by atoms with Crippen LogP contribution in [0.4, 0.5) is 5.69 Å². The maximum atomic E-state index is 10.6. The average Bonchev–Trinajstić information content (AvgIpc) is 2.25. The average molecular weight is 209 g/mol. The number of hydrogen-bond donors (Lipinski definition) is 1. The van der Waals surface area contributed by atoms with Gasteiger partial charge in [-0.2, -0.15) is 0 Å². The normalized spacial score (nSPS) is 9.67. The Hall–Kier alpha value is -1.88. The van der Waals surface area contributed by atoms with E-state index in [-0.39, 0.29) is 17.9 Å². The van der Waals surface area contributed by atoms with Crippen LogP contribution in [0.1, 0.15) is 5.56 Å². The summed E-state index contributed by atoms with van der Waals surface area (Å²) < 4.78 is 5.19. The number of benzene rings is 1. The van der Waals surface area contributed by atoms with Crippen LogP contribution in [0.25, 0.3) is 0 Å². The molecule has 0 saturated heterocycles. The second-order valence-electron chi connectivity index (χ2n) is 2.77. The molecule has 0 saturated carbocycles. The first-order valence-corrected chi connectivity index (χ1v) is 4.31. The Morgan fingerprint density at radius 3 is 2.87 bits per heavy atom. The number of nitro groups is 1. The van der Waals surface area contributed by atoms with E-state index in [2.05, 4.69) is 6.58 Å². The van der Waals surface area contributed by atoms with Gasteiger partial charge in [-0.3, -0.25) is 10.1 Å². The van der Waals surface area contributed by atoms with Gasteiger partial charge in [0.15, 0.2) is 0 Å². The highest BCUT2D eigenvalue weighted by Gasteiger charge is 2.16. The van der Waals surface area contributed by atoms with Crippen molar-refractivity contribution in [1.29, 1.82) is 0 Å². The Kier molecular flexibility index (Phi) is 3.82. The highest BCUT2D eigenvalue weighted by atomic mass is 16.6. The molecule has 0 fully saturated rings. The van der Waals surface area contributed by atoms with Crippen LogP contribution in [0, 0.1) is 10.1 Å². The van der Waals surface area contributed by atoms with Gasteiger partial charge >= 0.3 is 0 Å². The van der Waals surface area contributed by atoms with Crippen molar-refractivity contribution in [2.75, 3.05) is 6.61 Å². The maximum absolute atomic E-state index is 10.6. The minimum Gasteiger partial charge on any atom is -0.489 e. The number of nitro benzene ring substituents is 1. The molecule has 15 heavy (non-hydrogen) atoms. The molecule has 80 valence electrons. The molecule has 5 heteroatoms. The summed E-state index contributed by atoms with van der Waals surface area (Å²) in [5, 5.41) is 19.7. The lowest BCUT2D eigenvalue weighted by atomic mass is 10.1. The second-order valence-corrected chi connectivity index (χ2v) is 2.77. The third-order valence-corrected chi connectivity index (χ3v) is 1.82. The van der Waals surface area contributed by atoms with Crippen molar-refractivity contribution in [3.63, 3.8) is 0 Å². The van der Waals surface area contributed by atoms with Crippen LogP contribution in [0.3, 0.4) is 0 Å². The van der Waals surface area contributed by atoms with Gasteiger partial charge in [-0.25, -0.2) is 0 Å². The smallest absolute Gasteiger partial charge is 0.278 e. The molecule has 0 heterocycles. The van der Waals surface area contributed by atoms with Gasteiger partial charge in [-0.15, -0.1) is 0 Å². The van der Waals surface area contributed by atoms with Crippen LogP contribution in [0.5, 0.6) is 5.75 Å². The standard InChI is InChI=1S/C10H11NO4/c1-2-6-15-10-5-3-4-9(11(13)14)8(10)7-12/h2-5,12H,1,6-7H2. The molecule has 0 amide bonds. The minimum absolute atomic E-state index is 0.140. The monoisotopic (exact) mass is 209 g/mol. The van der Waals surface area contributed by atoms with E-state index in [1.165, 1.54) is 18.2 Å². The van der Waals surface area contributed by atoms with Crippen molar-refractivity contribution in [1.82, 2.24) is 0 Å². The number of ether oxygens (including phenoxy) is 1. The molecule has 0 aliphatic rings. The largest absolute Gasteiger partial charge is 0.489 e. The predicted molar refractivity (Wildman–Crippen MR) is 54.7 cm³/mol. The van der Waals surface area contributed by atoms with E-state index in [4.69, 9.17) is 9.84 Å². The van der Waals surface area contributed by atoms with Gasteiger partial charge in [0.2, 0.25) is 0 Å². The molecule has 0 atom stereocenters. The Labute approximate surface area is 86.8 Å². The van der Waals surface area contributed by atoms with Crippen LogP contribution in [-0.2, 0) is 6.61 Å². The zero-order valence-electron chi connectivity index (χ0n) is 8.05. The molecular formula is C10H11NO4. The fourth-order valence-corrected chi connectivity index (χ4v) is 1.17. The molecule has 0 aliphatic carbocycles. The lowest BCUT2D eigenvalue weighted by Gasteiger charge is -2.07. The molecule has 1 rings (SSSR count). The SMILES string of the molecule is C=CCOc1cccc([N+](=O)[O-])c1CO. The van der Waals surface area contributed by atoms with Gasteiger partial charge in [0.1, 0.15) is 12.4 Å². The van der Waals surface area contributed by atoms with Crippen molar-refractivity contribution >= 4 is 5.69 Å². The fourth-order valence-electron chi connectivity index (χ4n) is 1.17. The van der Waals surface area contributed by atoms with E-state index >= 15 is 0 Å². The molecule has 0 aromatic heterocycles.